The third kappa shape index (κ3) is 3.71. The Morgan fingerprint density at radius 3 is 2.39 bits per heavy atom. The Bertz CT molecular complexity index is 492. The maximum Gasteiger partial charge on any atom is 0.0561 e. The Morgan fingerprint density at radius 2 is 1.72 bits per heavy atom. The number of aliphatic hydroxyl groups excluding tert-OH is 1. The van der Waals surface area contributed by atoms with Gasteiger partial charge in [-0.3, -0.25) is 5.43 Å². The van der Waals surface area contributed by atoms with Gasteiger partial charge in [0.15, 0.2) is 0 Å². The van der Waals surface area contributed by atoms with Crippen molar-refractivity contribution in [2.75, 3.05) is 12.0 Å². The Hall–Kier alpha value is -2.13. The van der Waals surface area contributed by atoms with E-state index in [2.05, 4.69) is 10.5 Å². The quantitative estimate of drug-likeness (QED) is 0.623. The summed E-state index contributed by atoms with van der Waals surface area (Å²) in [6.07, 6.45) is 2.47. The average molecular weight is 240 g/mol. The standard InChI is InChI=1S/C15H16N2O/c18-11-10-13-6-8-14(9-7-13)12-16-17-15-4-2-1-3-5-15/h1-9,12,17-18H,10-11H2. The molecule has 0 heterocycles. The fourth-order valence-electron chi connectivity index (χ4n) is 1.59. The van der Waals surface area contributed by atoms with Gasteiger partial charge in [0.25, 0.3) is 0 Å². The van der Waals surface area contributed by atoms with E-state index in [0.29, 0.717) is 6.42 Å². The highest BCUT2D eigenvalue weighted by molar-refractivity contribution is 5.80. The van der Waals surface area contributed by atoms with Crippen LogP contribution in [-0.2, 0) is 6.42 Å². The number of nitrogens with zero attached hydrogens (tertiary/aromatic N) is 1. The highest BCUT2D eigenvalue weighted by atomic mass is 16.2. The normalized spacial score (nSPS) is 10.7. The molecule has 2 N–H and O–H groups in total. The number of rotatable bonds is 5. The van der Waals surface area contributed by atoms with E-state index < -0.39 is 0 Å². The average Bonchev–Trinajstić information content (AvgIpc) is 2.42. The Balaban J connectivity index is 1.93. The molecule has 0 radical (unpaired) electrons. The van der Waals surface area contributed by atoms with Crippen molar-refractivity contribution in [1.29, 1.82) is 0 Å². The molecular formula is C15H16N2O. The summed E-state index contributed by atoms with van der Waals surface area (Å²) in [5.74, 6) is 0. The van der Waals surface area contributed by atoms with Crippen molar-refractivity contribution in [3.05, 3.63) is 65.7 Å². The molecule has 0 fully saturated rings. The fourth-order valence-corrected chi connectivity index (χ4v) is 1.59. The number of anilines is 1. The lowest BCUT2D eigenvalue weighted by atomic mass is 10.1. The summed E-state index contributed by atoms with van der Waals surface area (Å²) in [5.41, 5.74) is 6.08. The third-order valence-corrected chi connectivity index (χ3v) is 2.56. The van der Waals surface area contributed by atoms with Crippen molar-refractivity contribution in [1.82, 2.24) is 0 Å². The van der Waals surface area contributed by atoms with Gasteiger partial charge in [-0.2, -0.15) is 5.10 Å². The molecule has 0 aliphatic heterocycles. The largest absolute Gasteiger partial charge is 0.396 e. The Kier molecular flexibility index (Phi) is 4.50. The summed E-state index contributed by atoms with van der Waals surface area (Å²) in [6, 6.07) is 17.8. The first kappa shape index (κ1) is 12.3. The van der Waals surface area contributed by atoms with Crippen LogP contribution in [0.5, 0.6) is 0 Å². The van der Waals surface area contributed by atoms with Gasteiger partial charge in [-0.1, -0.05) is 42.5 Å². The summed E-state index contributed by atoms with van der Waals surface area (Å²) in [6.45, 7) is 0.184. The fraction of sp³-hybridized carbons (Fsp3) is 0.133. The predicted molar refractivity (Wildman–Crippen MR) is 74.9 cm³/mol. The van der Waals surface area contributed by atoms with E-state index >= 15 is 0 Å². The van der Waals surface area contributed by atoms with E-state index in [1.165, 1.54) is 0 Å². The van der Waals surface area contributed by atoms with Gasteiger partial charge in [0, 0.05) is 6.61 Å². The first-order chi connectivity index (χ1) is 8.88. The van der Waals surface area contributed by atoms with E-state index in [4.69, 9.17) is 5.11 Å². The summed E-state index contributed by atoms with van der Waals surface area (Å²) in [5, 5.41) is 13.0. The molecule has 2 aromatic carbocycles. The van der Waals surface area contributed by atoms with E-state index in [1.807, 2.05) is 54.6 Å². The zero-order valence-electron chi connectivity index (χ0n) is 10.1. The molecule has 3 heteroatoms. The highest BCUT2D eigenvalue weighted by Gasteiger charge is 1.92. The molecule has 2 aromatic rings. The third-order valence-electron chi connectivity index (χ3n) is 2.56. The van der Waals surface area contributed by atoms with E-state index in [9.17, 15) is 0 Å². The molecule has 92 valence electrons. The number of benzene rings is 2. The summed E-state index contributed by atoms with van der Waals surface area (Å²) < 4.78 is 0. The van der Waals surface area contributed by atoms with Crippen LogP contribution in [0.1, 0.15) is 11.1 Å². The molecule has 3 nitrogen and oxygen atoms in total. The molecule has 0 aliphatic carbocycles. The molecular weight excluding hydrogens is 224 g/mol. The second kappa shape index (κ2) is 6.57. The van der Waals surface area contributed by atoms with Gasteiger partial charge in [-0.25, -0.2) is 0 Å². The van der Waals surface area contributed by atoms with Crippen LogP contribution in [0.25, 0.3) is 0 Å². The monoisotopic (exact) mass is 240 g/mol. The zero-order valence-corrected chi connectivity index (χ0v) is 10.1. The van der Waals surface area contributed by atoms with Crippen LogP contribution in [0.2, 0.25) is 0 Å². The minimum atomic E-state index is 0.184. The molecule has 0 saturated heterocycles. The summed E-state index contributed by atoms with van der Waals surface area (Å²) >= 11 is 0. The molecule has 2 rings (SSSR count). The predicted octanol–water partition coefficient (Wildman–Crippen LogP) is 2.67. The summed E-state index contributed by atoms with van der Waals surface area (Å²) in [7, 11) is 0. The van der Waals surface area contributed by atoms with Crippen LogP contribution in [0, 0.1) is 0 Å². The molecule has 0 bridgehead atoms. The topological polar surface area (TPSA) is 44.6 Å². The number of hydrazone groups is 1. The molecule has 18 heavy (non-hydrogen) atoms. The Labute approximate surface area is 107 Å². The molecule has 0 atom stereocenters. The molecule has 0 unspecified atom stereocenters. The first-order valence-electron chi connectivity index (χ1n) is 5.92. The van der Waals surface area contributed by atoms with Gasteiger partial charge in [-0.15, -0.1) is 0 Å². The lowest BCUT2D eigenvalue weighted by Crippen LogP contribution is -1.92. The van der Waals surface area contributed by atoms with Gasteiger partial charge in [0.1, 0.15) is 0 Å². The minimum absolute atomic E-state index is 0.184. The van der Waals surface area contributed by atoms with Gasteiger partial charge in [0.05, 0.1) is 11.9 Å². The second-order valence-corrected chi connectivity index (χ2v) is 3.95. The maximum absolute atomic E-state index is 8.82. The van der Waals surface area contributed by atoms with E-state index in [-0.39, 0.29) is 6.61 Å². The molecule has 0 aliphatic rings. The van der Waals surface area contributed by atoms with Gasteiger partial charge < -0.3 is 5.11 Å². The Morgan fingerprint density at radius 1 is 1.00 bits per heavy atom. The van der Waals surface area contributed by atoms with Gasteiger partial charge in [-0.05, 0) is 29.7 Å². The van der Waals surface area contributed by atoms with E-state index in [1.54, 1.807) is 6.21 Å². The maximum atomic E-state index is 8.82. The van der Waals surface area contributed by atoms with Crippen molar-refractivity contribution in [3.63, 3.8) is 0 Å². The van der Waals surface area contributed by atoms with Gasteiger partial charge in [0.2, 0.25) is 0 Å². The number of hydrogen-bond donors (Lipinski definition) is 2. The lowest BCUT2D eigenvalue weighted by Gasteiger charge is -2.00. The molecule has 0 spiro atoms. The van der Waals surface area contributed by atoms with Crippen LogP contribution < -0.4 is 5.43 Å². The van der Waals surface area contributed by atoms with Crippen LogP contribution in [0.15, 0.2) is 59.7 Å². The highest BCUT2D eigenvalue weighted by Crippen LogP contribution is 2.05. The summed E-state index contributed by atoms with van der Waals surface area (Å²) in [4.78, 5) is 0. The van der Waals surface area contributed by atoms with Gasteiger partial charge >= 0.3 is 0 Å². The molecule has 0 saturated carbocycles. The number of hydrogen-bond acceptors (Lipinski definition) is 3. The number of para-hydroxylation sites is 1. The van der Waals surface area contributed by atoms with Crippen LogP contribution in [0.4, 0.5) is 5.69 Å². The van der Waals surface area contributed by atoms with E-state index in [0.717, 1.165) is 16.8 Å². The minimum Gasteiger partial charge on any atom is -0.396 e. The lowest BCUT2D eigenvalue weighted by molar-refractivity contribution is 0.299. The smallest absolute Gasteiger partial charge is 0.0561 e. The second-order valence-electron chi connectivity index (χ2n) is 3.95. The van der Waals surface area contributed by atoms with Crippen molar-refractivity contribution in [2.45, 2.75) is 6.42 Å². The molecule has 0 aromatic heterocycles. The van der Waals surface area contributed by atoms with Crippen LogP contribution >= 0.6 is 0 Å². The zero-order chi connectivity index (χ0) is 12.6. The molecule has 0 amide bonds. The number of nitrogens with one attached hydrogen (secondary N) is 1. The van der Waals surface area contributed by atoms with Crippen LogP contribution in [0.3, 0.4) is 0 Å². The van der Waals surface area contributed by atoms with Crippen molar-refractivity contribution in [3.8, 4) is 0 Å². The number of aliphatic hydroxyl groups is 1. The SMILES string of the molecule is OCCc1ccc(C=NNc2ccccc2)cc1. The van der Waals surface area contributed by atoms with Crippen molar-refractivity contribution < 1.29 is 5.11 Å². The van der Waals surface area contributed by atoms with Crippen molar-refractivity contribution >= 4 is 11.9 Å². The van der Waals surface area contributed by atoms with Crippen LogP contribution in [-0.4, -0.2) is 17.9 Å². The first-order valence-corrected chi connectivity index (χ1v) is 5.92. The van der Waals surface area contributed by atoms with Crippen molar-refractivity contribution in [2.24, 2.45) is 5.10 Å².